The minimum absolute atomic E-state index is 0.000328. The third kappa shape index (κ3) is 6.09. The van der Waals surface area contributed by atoms with Gasteiger partial charge in [-0.2, -0.15) is 0 Å². The van der Waals surface area contributed by atoms with Crippen molar-refractivity contribution in [2.75, 3.05) is 24.5 Å². The topological polar surface area (TPSA) is 57.7 Å². The van der Waals surface area contributed by atoms with Gasteiger partial charge in [0.15, 0.2) is 0 Å². The van der Waals surface area contributed by atoms with E-state index < -0.39 is 10.0 Å². The Morgan fingerprint density at radius 2 is 1.30 bits per heavy atom. The third-order valence-electron chi connectivity index (χ3n) is 6.19. The summed E-state index contributed by atoms with van der Waals surface area (Å²) < 4.78 is 27.3. The molecule has 1 aliphatic rings. The quantitative estimate of drug-likeness (QED) is 0.495. The fraction of sp³-hybridized carbons (Fsp3) is 0.296. The zero-order valence-electron chi connectivity index (χ0n) is 18.7. The van der Waals surface area contributed by atoms with Gasteiger partial charge in [-0.1, -0.05) is 78.9 Å². The van der Waals surface area contributed by atoms with Crippen molar-refractivity contribution in [3.05, 3.63) is 102 Å². The van der Waals surface area contributed by atoms with Crippen LogP contribution >= 0.6 is 0 Å². The van der Waals surface area contributed by atoms with E-state index in [9.17, 15) is 13.2 Å². The molecule has 1 aliphatic heterocycles. The summed E-state index contributed by atoms with van der Waals surface area (Å²) in [5.41, 5.74) is 2.86. The van der Waals surface area contributed by atoms with Crippen LogP contribution in [0.2, 0.25) is 0 Å². The normalized spacial score (nSPS) is 15.3. The zero-order valence-corrected chi connectivity index (χ0v) is 19.5. The number of hydrogen-bond acceptors (Lipinski definition) is 3. The molecule has 172 valence electrons. The van der Waals surface area contributed by atoms with Crippen molar-refractivity contribution in [2.24, 2.45) is 5.92 Å². The molecule has 33 heavy (non-hydrogen) atoms. The zero-order chi connectivity index (χ0) is 23.1. The molecule has 1 saturated heterocycles. The molecule has 6 heteroatoms. The lowest BCUT2D eigenvalue weighted by molar-refractivity contribution is -0.123. The Bertz CT molecular complexity index is 1130. The number of anilines is 1. The monoisotopic (exact) mass is 462 g/mol. The number of piperidine rings is 1. The maximum Gasteiger partial charge on any atom is 0.230 e. The molecular formula is C27H30N2O3S. The fourth-order valence-electron chi connectivity index (χ4n) is 4.34. The van der Waals surface area contributed by atoms with Gasteiger partial charge in [-0.25, -0.2) is 12.7 Å². The van der Waals surface area contributed by atoms with Crippen molar-refractivity contribution < 1.29 is 13.2 Å². The Kier molecular flexibility index (Phi) is 7.57. The largest absolute Gasteiger partial charge is 0.312 e. The molecule has 0 aromatic heterocycles. The van der Waals surface area contributed by atoms with Gasteiger partial charge in [-0.05, 0) is 42.5 Å². The van der Waals surface area contributed by atoms with Crippen LogP contribution in [0.3, 0.4) is 0 Å². The lowest BCUT2D eigenvalue weighted by Gasteiger charge is -2.34. The first-order valence-corrected chi connectivity index (χ1v) is 13.1. The number of nitrogens with zero attached hydrogens (tertiary/aromatic N) is 2. The summed E-state index contributed by atoms with van der Waals surface area (Å²) in [5, 5.41) is 0. The summed E-state index contributed by atoms with van der Waals surface area (Å²) in [6.07, 6.45) is 1.86. The summed E-state index contributed by atoms with van der Waals surface area (Å²) in [7, 11) is -3.40. The Balaban J connectivity index is 1.41. The number of carbonyl (C=O) groups excluding carboxylic acids is 1. The smallest absolute Gasteiger partial charge is 0.230 e. The Morgan fingerprint density at radius 1 is 0.788 bits per heavy atom. The average molecular weight is 463 g/mol. The van der Waals surface area contributed by atoms with Crippen LogP contribution in [0.1, 0.15) is 24.0 Å². The summed E-state index contributed by atoms with van der Waals surface area (Å²) >= 11 is 0. The van der Waals surface area contributed by atoms with Crippen molar-refractivity contribution >= 4 is 21.6 Å². The number of benzene rings is 3. The van der Waals surface area contributed by atoms with Gasteiger partial charge in [0.25, 0.3) is 0 Å². The van der Waals surface area contributed by atoms with Gasteiger partial charge in [0.1, 0.15) is 0 Å². The summed E-state index contributed by atoms with van der Waals surface area (Å²) in [6, 6.07) is 29.1. The van der Waals surface area contributed by atoms with Crippen LogP contribution in [0, 0.1) is 5.92 Å². The average Bonchev–Trinajstić information content (AvgIpc) is 2.86. The second-order valence-electron chi connectivity index (χ2n) is 8.48. The SMILES string of the molecule is O=C(C1CCN(S(=O)(=O)Cc2ccccc2)CC1)N(CCc1ccccc1)c1ccccc1. The van der Waals surface area contributed by atoms with E-state index in [-0.39, 0.29) is 17.6 Å². The van der Waals surface area contributed by atoms with E-state index in [2.05, 4.69) is 12.1 Å². The standard InChI is InChI=1S/C27H30N2O3S/c30-27(29(26-14-8-3-9-15-26)21-16-23-10-4-1-5-11-23)25-17-19-28(20-18-25)33(31,32)22-24-12-6-2-7-13-24/h1-15,25H,16-22H2. The molecule has 0 radical (unpaired) electrons. The highest BCUT2D eigenvalue weighted by Gasteiger charge is 2.33. The molecule has 3 aromatic rings. The molecule has 1 fully saturated rings. The molecule has 5 nitrogen and oxygen atoms in total. The van der Waals surface area contributed by atoms with Crippen molar-refractivity contribution in [1.29, 1.82) is 0 Å². The predicted octanol–water partition coefficient (Wildman–Crippen LogP) is 4.50. The van der Waals surface area contributed by atoms with Crippen LogP contribution in [0.4, 0.5) is 5.69 Å². The number of hydrogen-bond donors (Lipinski definition) is 0. The number of sulfonamides is 1. The second kappa shape index (κ2) is 10.8. The van der Waals surface area contributed by atoms with E-state index in [0.717, 1.165) is 17.7 Å². The van der Waals surface area contributed by atoms with E-state index in [4.69, 9.17) is 0 Å². The number of para-hydroxylation sites is 1. The molecule has 0 N–H and O–H groups in total. The first-order valence-electron chi connectivity index (χ1n) is 11.4. The summed E-state index contributed by atoms with van der Waals surface area (Å²) in [6.45, 7) is 1.36. The van der Waals surface area contributed by atoms with Gasteiger partial charge in [-0.3, -0.25) is 4.79 Å². The second-order valence-corrected chi connectivity index (χ2v) is 10.4. The fourth-order valence-corrected chi connectivity index (χ4v) is 5.90. The minimum atomic E-state index is -3.40. The molecule has 0 spiro atoms. The number of amides is 1. The minimum Gasteiger partial charge on any atom is -0.312 e. The summed E-state index contributed by atoms with van der Waals surface area (Å²) in [4.78, 5) is 15.4. The molecule has 3 aromatic carbocycles. The van der Waals surface area contributed by atoms with Gasteiger partial charge >= 0.3 is 0 Å². The van der Waals surface area contributed by atoms with Crippen molar-refractivity contribution in [2.45, 2.75) is 25.0 Å². The van der Waals surface area contributed by atoms with Gasteiger partial charge in [0.2, 0.25) is 15.9 Å². The van der Waals surface area contributed by atoms with Crippen LogP contribution in [-0.4, -0.2) is 38.3 Å². The van der Waals surface area contributed by atoms with Crippen LogP contribution in [0.25, 0.3) is 0 Å². The van der Waals surface area contributed by atoms with Crippen LogP contribution < -0.4 is 4.90 Å². The van der Waals surface area contributed by atoms with E-state index >= 15 is 0 Å². The molecule has 0 aliphatic carbocycles. The predicted molar refractivity (Wildman–Crippen MR) is 132 cm³/mol. The van der Waals surface area contributed by atoms with Gasteiger partial charge in [-0.15, -0.1) is 0 Å². The highest BCUT2D eigenvalue weighted by molar-refractivity contribution is 7.88. The highest BCUT2D eigenvalue weighted by atomic mass is 32.2. The molecule has 0 saturated carbocycles. The Labute approximate surface area is 196 Å². The lowest BCUT2D eigenvalue weighted by atomic mass is 9.96. The Morgan fingerprint density at radius 3 is 1.88 bits per heavy atom. The van der Waals surface area contributed by atoms with Crippen molar-refractivity contribution in [1.82, 2.24) is 4.31 Å². The van der Waals surface area contributed by atoms with Gasteiger partial charge < -0.3 is 4.90 Å². The van der Waals surface area contributed by atoms with Crippen LogP contribution in [-0.2, 0) is 27.0 Å². The molecule has 1 heterocycles. The van der Waals surface area contributed by atoms with E-state index in [1.165, 1.54) is 5.56 Å². The third-order valence-corrected chi connectivity index (χ3v) is 8.04. The van der Waals surface area contributed by atoms with Crippen LogP contribution in [0.15, 0.2) is 91.0 Å². The molecular weight excluding hydrogens is 432 g/mol. The van der Waals surface area contributed by atoms with Gasteiger partial charge in [0, 0.05) is 31.2 Å². The number of rotatable bonds is 8. The van der Waals surface area contributed by atoms with Crippen molar-refractivity contribution in [3.8, 4) is 0 Å². The van der Waals surface area contributed by atoms with E-state index in [1.54, 1.807) is 4.31 Å². The van der Waals surface area contributed by atoms with Crippen LogP contribution in [0.5, 0.6) is 0 Å². The number of carbonyl (C=O) groups is 1. The highest BCUT2D eigenvalue weighted by Crippen LogP contribution is 2.26. The molecule has 0 atom stereocenters. The van der Waals surface area contributed by atoms with E-state index in [1.807, 2.05) is 83.8 Å². The first-order chi connectivity index (χ1) is 16.0. The molecule has 0 bridgehead atoms. The molecule has 0 unspecified atom stereocenters. The van der Waals surface area contributed by atoms with E-state index in [0.29, 0.717) is 32.5 Å². The molecule has 1 amide bonds. The molecule has 4 rings (SSSR count). The van der Waals surface area contributed by atoms with Gasteiger partial charge in [0.05, 0.1) is 5.75 Å². The summed E-state index contributed by atoms with van der Waals surface area (Å²) in [5.74, 6) is -0.0963. The lowest BCUT2D eigenvalue weighted by Crippen LogP contribution is -2.45. The van der Waals surface area contributed by atoms with Crippen molar-refractivity contribution in [3.63, 3.8) is 0 Å². The Hall–Kier alpha value is -2.96. The maximum absolute atomic E-state index is 13.5. The maximum atomic E-state index is 13.5. The first kappa shape index (κ1) is 23.2.